The van der Waals surface area contributed by atoms with Crippen molar-refractivity contribution < 1.29 is 4.79 Å². The van der Waals surface area contributed by atoms with Gasteiger partial charge in [0.1, 0.15) is 0 Å². The van der Waals surface area contributed by atoms with Crippen molar-refractivity contribution in [1.29, 1.82) is 0 Å². The van der Waals surface area contributed by atoms with Crippen molar-refractivity contribution in [3.8, 4) is 5.69 Å². The summed E-state index contributed by atoms with van der Waals surface area (Å²) >= 11 is 0. The number of carbonyl (C=O) groups excluding carboxylic acids is 1. The van der Waals surface area contributed by atoms with Gasteiger partial charge in [0, 0.05) is 25.2 Å². The van der Waals surface area contributed by atoms with Crippen LogP contribution in [0.25, 0.3) is 16.6 Å². The summed E-state index contributed by atoms with van der Waals surface area (Å²) in [5.74, 6) is 1.05. The molecule has 6 nitrogen and oxygen atoms in total. The van der Waals surface area contributed by atoms with Crippen LogP contribution in [0.5, 0.6) is 0 Å². The van der Waals surface area contributed by atoms with Crippen LogP contribution < -0.4 is 15.8 Å². The number of amides is 1. The van der Waals surface area contributed by atoms with E-state index in [1.54, 1.807) is 22.8 Å². The zero-order chi connectivity index (χ0) is 22.0. The van der Waals surface area contributed by atoms with Crippen molar-refractivity contribution in [1.82, 2.24) is 14.9 Å². The summed E-state index contributed by atoms with van der Waals surface area (Å²) in [6.45, 7) is 8.67. The maximum absolute atomic E-state index is 13.5. The molecule has 0 atom stereocenters. The summed E-state index contributed by atoms with van der Waals surface area (Å²) in [7, 11) is 0. The molecule has 1 saturated heterocycles. The van der Waals surface area contributed by atoms with Crippen molar-refractivity contribution in [2.45, 2.75) is 40.0 Å². The Morgan fingerprint density at radius 1 is 1.10 bits per heavy atom. The molecule has 1 fully saturated rings. The van der Waals surface area contributed by atoms with E-state index in [-0.39, 0.29) is 11.5 Å². The van der Waals surface area contributed by atoms with Crippen LogP contribution in [0.3, 0.4) is 0 Å². The summed E-state index contributed by atoms with van der Waals surface area (Å²) in [5.41, 5.74) is 2.93. The minimum atomic E-state index is -0.130. The van der Waals surface area contributed by atoms with Crippen LogP contribution in [0.1, 0.15) is 49.0 Å². The number of benzene rings is 2. The Kier molecular flexibility index (Phi) is 6.07. The van der Waals surface area contributed by atoms with E-state index in [4.69, 9.17) is 4.98 Å². The largest absolute Gasteiger partial charge is 0.352 e. The smallest absolute Gasteiger partial charge is 0.267 e. The number of carbonyl (C=O) groups is 1. The Balaban J connectivity index is 1.78. The van der Waals surface area contributed by atoms with Crippen LogP contribution in [0.15, 0.2) is 47.3 Å². The van der Waals surface area contributed by atoms with Crippen molar-refractivity contribution in [3.05, 3.63) is 63.9 Å². The fourth-order valence-corrected chi connectivity index (χ4v) is 3.95. The molecule has 1 aliphatic heterocycles. The first-order valence-corrected chi connectivity index (χ1v) is 11.1. The minimum absolute atomic E-state index is 0.109. The molecule has 3 aromatic rings. The van der Waals surface area contributed by atoms with Gasteiger partial charge < -0.3 is 10.2 Å². The van der Waals surface area contributed by atoms with E-state index < -0.39 is 0 Å². The lowest BCUT2D eigenvalue weighted by molar-refractivity contribution is 0.0952. The SMILES string of the molecule is Cc1ccc(-n2c(N3CCCC3)nc3cc(C(=O)NCCC(C)C)ccc3c2=O)cc1. The van der Waals surface area contributed by atoms with E-state index in [2.05, 4.69) is 24.1 Å². The van der Waals surface area contributed by atoms with Gasteiger partial charge in [-0.25, -0.2) is 9.55 Å². The molecule has 1 aromatic heterocycles. The van der Waals surface area contributed by atoms with Gasteiger partial charge in [-0.2, -0.15) is 0 Å². The Morgan fingerprint density at radius 2 is 1.81 bits per heavy atom. The molecular formula is C25H30N4O2. The van der Waals surface area contributed by atoms with Crippen LogP contribution in [0.2, 0.25) is 0 Å². The van der Waals surface area contributed by atoms with E-state index in [9.17, 15) is 9.59 Å². The second-order valence-electron chi connectivity index (χ2n) is 8.75. The molecule has 4 rings (SSSR count). The Labute approximate surface area is 182 Å². The van der Waals surface area contributed by atoms with Gasteiger partial charge in [-0.15, -0.1) is 0 Å². The molecule has 1 aliphatic rings. The molecule has 0 spiro atoms. The molecule has 2 aromatic carbocycles. The highest BCUT2D eigenvalue weighted by Crippen LogP contribution is 2.23. The first-order valence-electron chi connectivity index (χ1n) is 11.1. The minimum Gasteiger partial charge on any atom is -0.352 e. The monoisotopic (exact) mass is 418 g/mol. The third kappa shape index (κ3) is 4.48. The van der Waals surface area contributed by atoms with Crippen LogP contribution >= 0.6 is 0 Å². The molecule has 162 valence electrons. The second kappa shape index (κ2) is 8.92. The van der Waals surface area contributed by atoms with E-state index in [0.29, 0.717) is 34.9 Å². The van der Waals surface area contributed by atoms with Crippen LogP contribution in [-0.2, 0) is 0 Å². The molecular weight excluding hydrogens is 388 g/mol. The number of rotatable bonds is 6. The second-order valence-corrected chi connectivity index (χ2v) is 8.75. The topological polar surface area (TPSA) is 67.2 Å². The van der Waals surface area contributed by atoms with Crippen molar-refractivity contribution >= 4 is 22.8 Å². The maximum atomic E-state index is 13.5. The quantitative estimate of drug-likeness (QED) is 0.655. The van der Waals surface area contributed by atoms with E-state index >= 15 is 0 Å². The van der Waals surface area contributed by atoms with Gasteiger partial charge >= 0.3 is 0 Å². The van der Waals surface area contributed by atoms with E-state index in [1.165, 1.54) is 0 Å². The van der Waals surface area contributed by atoms with Crippen LogP contribution in [-0.4, -0.2) is 35.1 Å². The molecule has 0 saturated carbocycles. The van der Waals surface area contributed by atoms with Gasteiger partial charge in [-0.1, -0.05) is 31.5 Å². The Bertz CT molecular complexity index is 1140. The number of aromatic nitrogens is 2. The normalized spacial score (nSPS) is 13.9. The lowest BCUT2D eigenvalue weighted by atomic mass is 10.1. The lowest BCUT2D eigenvalue weighted by Gasteiger charge is -2.22. The first kappa shape index (κ1) is 21.1. The Morgan fingerprint density at radius 3 is 2.48 bits per heavy atom. The summed E-state index contributed by atoms with van der Waals surface area (Å²) < 4.78 is 1.70. The summed E-state index contributed by atoms with van der Waals surface area (Å²) in [5, 5.41) is 3.48. The number of hydrogen-bond acceptors (Lipinski definition) is 4. The molecule has 1 N–H and O–H groups in total. The van der Waals surface area contributed by atoms with Crippen molar-refractivity contribution in [2.75, 3.05) is 24.5 Å². The van der Waals surface area contributed by atoms with Crippen LogP contribution in [0, 0.1) is 12.8 Å². The predicted octanol–water partition coefficient (Wildman–Crippen LogP) is 4.07. The van der Waals surface area contributed by atoms with Crippen molar-refractivity contribution in [3.63, 3.8) is 0 Å². The Hall–Kier alpha value is -3.15. The molecule has 6 heteroatoms. The number of hydrogen-bond donors (Lipinski definition) is 1. The van der Waals surface area contributed by atoms with Gasteiger partial charge in [-0.05, 0) is 62.4 Å². The maximum Gasteiger partial charge on any atom is 0.267 e. The van der Waals surface area contributed by atoms with E-state index in [0.717, 1.165) is 43.6 Å². The number of anilines is 1. The molecule has 0 aliphatic carbocycles. The third-order valence-electron chi connectivity index (χ3n) is 5.80. The zero-order valence-corrected chi connectivity index (χ0v) is 18.5. The van der Waals surface area contributed by atoms with Gasteiger partial charge in [0.05, 0.1) is 16.6 Å². The molecule has 0 unspecified atom stereocenters. The van der Waals surface area contributed by atoms with Gasteiger partial charge in [0.2, 0.25) is 5.95 Å². The fraction of sp³-hybridized carbons (Fsp3) is 0.400. The highest BCUT2D eigenvalue weighted by atomic mass is 16.1. The van der Waals surface area contributed by atoms with Gasteiger partial charge in [-0.3, -0.25) is 9.59 Å². The number of nitrogens with one attached hydrogen (secondary N) is 1. The first-order chi connectivity index (χ1) is 14.9. The molecule has 1 amide bonds. The number of aryl methyl sites for hydroxylation is 1. The summed E-state index contributed by atoms with van der Waals surface area (Å²) in [6.07, 6.45) is 3.10. The molecule has 0 bridgehead atoms. The van der Waals surface area contributed by atoms with Gasteiger partial charge in [0.25, 0.3) is 11.5 Å². The third-order valence-corrected chi connectivity index (χ3v) is 5.80. The summed E-state index contributed by atoms with van der Waals surface area (Å²) in [6, 6.07) is 13.1. The average molecular weight is 419 g/mol. The number of nitrogens with zero attached hydrogens (tertiary/aromatic N) is 3. The molecule has 2 heterocycles. The standard InChI is InChI=1S/C25H30N4O2/c1-17(2)12-13-26-23(30)19-8-11-21-22(16-19)27-25(28-14-4-5-15-28)29(24(21)31)20-9-6-18(3)7-10-20/h6-11,16-17H,4-5,12-15H2,1-3H3,(H,26,30). The van der Waals surface area contributed by atoms with Crippen LogP contribution in [0.4, 0.5) is 5.95 Å². The highest BCUT2D eigenvalue weighted by Gasteiger charge is 2.21. The molecule has 31 heavy (non-hydrogen) atoms. The highest BCUT2D eigenvalue weighted by molar-refractivity contribution is 5.97. The molecule has 0 radical (unpaired) electrons. The lowest BCUT2D eigenvalue weighted by Crippen LogP contribution is -2.30. The number of fused-ring (bicyclic) bond motifs is 1. The average Bonchev–Trinajstić information content (AvgIpc) is 3.28. The zero-order valence-electron chi connectivity index (χ0n) is 18.5. The predicted molar refractivity (Wildman–Crippen MR) is 125 cm³/mol. The van der Waals surface area contributed by atoms with Crippen molar-refractivity contribution in [2.24, 2.45) is 5.92 Å². The van der Waals surface area contributed by atoms with E-state index in [1.807, 2.05) is 31.2 Å². The summed E-state index contributed by atoms with van der Waals surface area (Å²) in [4.78, 5) is 33.1. The van der Waals surface area contributed by atoms with Gasteiger partial charge in [0.15, 0.2) is 0 Å². The fourth-order valence-electron chi connectivity index (χ4n) is 3.95.